The molecule has 0 aliphatic heterocycles. The molecule has 0 amide bonds. The normalized spacial score (nSPS) is 18.6. The summed E-state index contributed by atoms with van der Waals surface area (Å²) in [4.78, 5) is 10.4. The van der Waals surface area contributed by atoms with Crippen LogP contribution in [0.25, 0.3) is 0 Å². The Morgan fingerprint density at radius 1 is 0.818 bits per heavy atom. The van der Waals surface area contributed by atoms with Crippen LogP contribution in [0.5, 0.6) is 0 Å². The molecule has 0 rings (SSSR count). The highest BCUT2D eigenvalue weighted by Crippen LogP contribution is 2.06. The van der Waals surface area contributed by atoms with Crippen molar-refractivity contribution in [3.05, 3.63) is 36.3 Å². The number of rotatable bonds is 15. The number of hydrogen-bond acceptors (Lipinski definition) is 1. The summed E-state index contributed by atoms with van der Waals surface area (Å²) >= 11 is 0. The fourth-order valence-electron chi connectivity index (χ4n) is 1.82. The first kappa shape index (κ1) is 12.2. The fraction of sp³-hybridized carbons (Fsp3) is 0.650. The van der Waals surface area contributed by atoms with Crippen LogP contribution in [-0.2, 0) is 4.79 Å². The number of unbranched alkanes of at least 4 members (excludes halogenated alkanes) is 5. The Kier molecular flexibility index (Phi) is 9.80. The molecule has 0 aromatic heterocycles. The van der Waals surface area contributed by atoms with E-state index in [2.05, 4.69) is 6.92 Å². The van der Waals surface area contributed by atoms with Gasteiger partial charge in [-0.15, -0.1) is 0 Å². The van der Waals surface area contributed by atoms with Gasteiger partial charge >= 0.3 is 5.97 Å². The van der Waals surface area contributed by atoms with Crippen LogP contribution in [0.4, 0.5) is 0 Å². The summed E-state index contributed by atoms with van der Waals surface area (Å²) in [6, 6.07) is 0.243. The van der Waals surface area contributed by atoms with Crippen molar-refractivity contribution in [3.63, 3.8) is 0 Å². The van der Waals surface area contributed by atoms with Gasteiger partial charge in [-0.25, -0.2) is 0 Å². The zero-order chi connectivity index (χ0) is 21.5. The van der Waals surface area contributed by atoms with E-state index in [9.17, 15) is 4.79 Å². The molecule has 0 radical (unpaired) electrons. The summed E-state index contributed by atoms with van der Waals surface area (Å²) in [5.74, 6) is -0.806. The number of carbonyl (C=O) groups is 1. The Morgan fingerprint density at radius 2 is 1.32 bits per heavy atom. The predicted octanol–water partition coefficient (Wildman–Crippen LogP) is 6.44. The lowest BCUT2D eigenvalue weighted by molar-refractivity contribution is -0.137. The maximum Gasteiger partial charge on any atom is 0.303 e. The third-order valence-electron chi connectivity index (χ3n) is 3.08. The molecule has 0 unspecified atom stereocenters. The summed E-state index contributed by atoms with van der Waals surface area (Å²) in [5.41, 5.74) is 0. The van der Waals surface area contributed by atoms with Crippen LogP contribution in [0.2, 0.25) is 0 Å². The van der Waals surface area contributed by atoms with Crippen molar-refractivity contribution in [3.8, 4) is 0 Å². The third kappa shape index (κ3) is 18.7. The lowest BCUT2D eigenvalue weighted by atomic mass is 10.1. The lowest BCUT2D eigenvalue weighted by Crippen LogP contribution is -1.93. The van der Waals surface area contributed by atoms with Crippen LogP contribution in [-0.4, -0.2) is 11.1 Å². The number of allylic oxidation sites excluding steroid dienone is 6. The van der Waals surface area contributed by atoms with Crippen molar-refractivity contribution in [2.75, 3.05) is 0 Å². The minimum absolute atomic E-state index is 0.00448. The van der Waals surface area contributed by atoms with Gasteiger partial charge in [0.1, 0.15) is 0 Å². The van der Waals surface area contributed by atoms with E-state index in [0.29, 0.717) is 25.7 Å². The fourth-order valence-corrected chi connectivity index (χ4v) is 1.82. The maximum absolute atomic E-state index is 10.4. The topological polar surface area (TPSA) is 37.3 Å². The molecule has 0 aliphatic carbocycles. The molecule has 2 heteroatoms. The molecular weight excluding hydrogens is 272 g/mol. The first-order chi connectivity index (χ1) is 13.2. The second kappa shape index (κ2) is 17.7. The molecule has 0 aromatic carbocycles. The van der Waals surface area contributed by atoms with E-state index in [-0.39, 0.29) is 55.6 Å². The quantitative estimate of drug-likeness (QED) is 0.279. The van der Waals surface area contributed by atoms with Gasteiger partial charge in [-0.05, 0) is 44.9 Å². The average molecular weight is 313 g/mol. The van der Waals surface area contributed by atoms with Crippen molar-refractivity contribution in [1.29, 1.82) is 0 Å². The zero-order valence-electron chi connectivity index (χ0n) is 19.8. The summed E-state index contributed by atoms with van der Waals surface area (Å²) in [6.45, 7) is 2.07. The summed E-state index contributed by atoms with van der Waals surface area (Å²) in [6.07, 6.45) is 6.67. The third-order valence-corrected chi connectivity index (χ3v) is 3.08. The second-order valence-corrected chi connectivity index (χ2v) is 5.18. The first-order valence-corrected chi connectivity index (χ1v) is 8.36. The van der Waals surface area contributed by atoms with E-state index in [1.54, 1.807) is 0 Å². The molecule has 22 heavy (non-hydrogen) atoms. The van der Waals surface area contributed by atoms with Gasteiger partial charge in [0.05, 0.1) is 8.22 Å². The van der Waals surface area contributed by atoms with Crippen LogP contribution in [0.3, 0.4) is 0 Å². The Bertz CT molecular complexity index is 581. The zero-order valence-corrected chi connectivity index (χ0v) is 13.8. The largest absolute Gasteiger partial charge is 0.481 e. The first-order valence-electron chi connectivity index (χ1n) is 11.4. The van der Waals surface area contributed by atoms with Crippen molar-refractivity contribution in [1.82, 2.24) is 0 Å². The number of aliphatic carboxylic acids is 1. The lowest BCUT2D eigenvalue weighted by Gasteiger charge is -1.96. The van der Waals surface area contributed by atoms with Crippen molar-refractivity contribution in [2.45, 2.75) is 84.0 Å². The van der Waals surface area contributed by atoms with Crippen LogP contribution in [0.15, 0.2) is 36.3 Å². The number of carboxylic acid groups (broad SMARTS) is 1. The smallest absolute Gasteiger partial charge is 0.303 e. The molecule has 0 aliphatic rings. The van der Waals surface area contributed by atoms with E-state index in [1.807, 2.05) is 0 Å². The van der Waals surface area contributed by atoms with Crippen molar-refractivity contribution < 1.29 is 18.1 Å². The standard InChI is InChI=1S/C20H34O2/c1-2-3-4-5-6-7-8-9-10-11-12-13-14-15-16-17-18-19-20(21)22/h6-7,9-10,12-13H,2-5,8,11,14-19H2,1H3,(H,21,22)/b7-6-,10-9-,13-12-/i6D,7D,9D,10D,12D,13D. The maximum atomic E-state index is 10.4. The number of hydrogen-bond donors (Lipinski definition) is 1. The molecular formula is C20H34O2. The van der Waals surface area contributed by atoms with Gasteiger partial charge in [0, 0.05) is 6.42 Å². The van der Waals surface area contributed by atoms with Crippen LogP contribution >= 0.6 is 0 Å². The molecule has 0 fully saturated rings. The minimum atomic E-state index is -0.806. The average Bonchev–Trinajstić information content (AvgIpc) is 2.63. The second-order valence-electron chi connectivity index (χ2n) is 5.18. The van der Waals surface area contributed by atoms with Crippen molar-refractivity contribution >= 4 is 5.97 Å². The highest BCUT2D eigenvalue weighted by molar-refractivity contribution is 5.66. The van der Waals surface area contributed by atoms with E-state index >= 15 is 0 Å². The van der Waals surface area contributed by atoms with Gasteiger partial charge in [-0.2, -0.15) is 0 Å². The van der Waals surface area contributed by atoms with E-state index in [4.69, 9.17) is 13.3 Å². The Balaban J connectivity index is 4.52. The van der Waals surface area contributed by atoms with Gasteiger partial charge < -0.3 is 5.11 Å². The molecule has 0 saturated heterocycles. The SMILES string of the molecule is [2H]/C(CCCCC)=C(\[2H])C/C([2H])=C(/[2H])C/C([2H])=C(/[2H])CCCCCCC(=O)O. The summed E-state index contributed by atoms with van der Waals surface area (Å²) < 4.78 is 47.5. The van der Waals surface area contributed by atoms with Gasteiger partial charge in [-0.3, -0.25) is 4.79 Å². The molecule has 0 aromatic rings. The molecule has 0 saturated carbocycles. The molecule has 1 N–H and O–H groups in total. The van der Waals surface area contributed by atoms with Gasteiger partial charge in [0.15, 0.2) is 0 Å². The van der Waals surface area contributed by atoms with Gasteiger partial charge in [0.2, 0.25) is 0 Å². The molecule has 0 bridgehead atoms. The van der Waals surface area contributed by atoms with Crippen molar-refractivity contribution in [2.24, 2.45) is 0 Å². The van der Waals surface area contributed by atoms with Crippen LogP contribution < -0.4 is 0 Å². The van der Waals surface area contributed by atoms with E-state index in [0.717, 1.165) is 32.1 Å². The van der Waals surface area contributed by atoms with Crippen LogP contribution in [0, 0.1) is 0 Å². The molecule has 0 heterocycles. The van der Waals surface area contributed by atoms with E-state index in [1.165, 1.54) is 0 Å². The Labute approximate surface area is 145 Å². The Hall–Kier alpha value is -1.31. The predicted molar refractivity (Wildman–Crippen MR) is 96.1 cm³/mol. The molecule has 0 atom stereocenters. The highest BCUT2D eigenvalue weighted by Gasteiger charge is 1.95. The molecule has 126 valence electrons. The molecule has 0 spiro atoms. The van der Waals surface area contributed by atoms with E-state index < -0.39 is 5.97 Å². The number of carboxylic acids is 1. The van der Waals surface area contributed by atoms with Crippen LogP contribution in [0.1, 0.15) is 92.2 Å². The molecule has 2 nitrogen and oxygen atoms in total. The van der Waals surface area contributed by atoms with Gasteiger partial charge in [-0.1, -0.05) is 68.9 Å². The summed E-state index contributed by atoms with van der Waals surface area (Å²) in [7, 11) is 0. The highest BCUT2D eigenvalue weighted by atomic mass is 16.4. The Morgan fingerprint density at radius 3 is 1.86 bits per heavy atom. The monoisotopic (exact) mass is 312 g/mol. The summed E-state index contributed by atoms with van der Waals surface area (Å²) in [5, 5.41) is 8.57. The minimum Gasteiger partial charge on any atom is -0.481 e. The van der Waals surface area contributed by atoms with Gasteiger partial charge in [0.25, 0.3) is 0 Å².